The molecule has 1 aliphatic heterocycles. The second-order valence-electron chi connectivity index (χ2n) is 3.06. The number of aliphatic carboxylic acids is 1. The summed E-state index contributed by atoms with van der Waals surface area (Å²) in [6, 6.07) is 0. The third-order valence-electron chi connectivity index (χ3n) is 1.78. The molecule has 17 heavy (non-hydrogen) atoms. The van der Waals surface area contributed by atoms with E-state index in [0.717, 1.165) is 0 Å². The number of hydrogen-bond acceptors (Lipinski definition) is 7. The first-order chi connectivity index (χ1) is 7.84. The minimum Gasteiger partial charge on any atom is -0.505 e. The highest BCUT2D eigenvalue weighted by atomic mass is 16.6. The monoisotopic (exact) mass is 250 g/mol. The Kier molecular flexibility index (Phi) is 6.00. The second kappa shape index (κ2) is 6.71. The number of ether oxygens (including phenoxy) is 1. The summed E-state index contributed by atoms with van der Waals surface area (Å²) in [7, 11) is 0. The smallest absolute Gasteiger partial charge is 0.377 e. The molecule has 5 N–H and O–H groups in total. The molecule has 1 aliphatic rings. The van der Waals surface area contributed by atoms with E-state index < -0.39 is 42.3 Å². The molecule has 0 aromatic heterocycles. The van der Waals surface area contributed by atoms with Gasteiger partial charge in [0, 0.05) is 6.42 Å². The second-order valence-corrected chi connectivity index (χ2v) is 3.06. The highest BCUT2D eigenvalue weighted by molar-refractivity contribution is 5.89. The van der Waals surface area contributed by atoms with E-state index >= 15 is 0 Å². The van der Waals surface area contributed by atoms with E-state index in [9.17, 15) is 9.59 Å². The van der Waals surface area contributed by atoms with Crippen LogP contribution in [0.25, 0.3) is 0 Å². The molecule has 0 unspecified atom stereocenters. The van der Waals surface area contributed by atoms with Crippen molar-refractivity contribution in [3.05, 3.63) is 11.5 Å². The van der Waals surface area contributed by atoms with Gasteiger partial charge in [-0.05, 0) is 0 Å². The first kappa shape index (κ1) is 15.2. The lowest BCUT2D eigenvalue weighted by molar-refractivity contribution is -0.147. The summed E-state index contributed by atoms with van der Waals surface area (Å²) < 4.78 is 4.32. The maximum absolute atomic E-state index is 10.5. The van der Waals surface area contributed by atoms with Crippen LogP contribution in [0.3, 0.4) is 0 Å². The van der Waals surface area contributed by atoms with Crippen molar-refractivity contribution in [2.45, 2.75) is 25.6 Å². The van der Waals surface area contributed by atoms with E-state index in [2.05, 4.69) is 4.74 Å². The molecular formula is C9H14O8. The Balaban J connectivity index is 0.000000437. The fourth-order valence-corrected chi connectivity index (χ4v) is 0.823. The van der Waals surface area contributed by atoms with Gasteiger partial charge in [-0.2, -0.15) is 0 Å². The minimum absolute atomic E-state index is 0.222. The van der Waals surface area contributed by atoms with Crippen LogP contribution in [-0.2, 0) is 14.3 Å². The Morgan fingerprint density at radius 2 is 1.94 bits per heavy atom. The zero-order valence-electron chi connectivity index (χ0n) is 9.03. The molecule has 0 aromatic carbocycles. The van der Waals surface area contributed by atoms with Crippen LogP contribution in [0.2, 0.25) is 0 Å². The molecule has 8 nitrogen and oxygen atoms in total. The molecule has 0 amide bonds. The molecule has 0 fully saturated rings. The van der Waals surface area contributed by atoms with Gasteiger partial charge in [0.2, 0.25) is 5.76 Å². The Bertz CT molecular complexity index is 321. The number of aliphatic hydroxyl groups is 4. The number of carbonyl (C=O) groups excluding carboxylic acids is 1. The van der Waals surface area contributed by atoms with Crippen molar-refractivity contribution in [1.82, 2.24) is 0 Å². The predicted octanol–water partition coefficient (Wildman–Crippen LogP) is -0.926. The van der Waals surface area contributed by atoms with Crippen LogP contribution in [0, 0.1) is 0 Å². The SMILES string of the molecule is CCC(=O)O.O=C1O[C@H]([C@@H](O)CO)C(O)=C1O. The first-order valence-electron chi connectivity index (χ1n) is 4.68. The Labute approximate surface area is 96.4 Å². The topological polar surface area (TPSA) is 145 Å². The van der Waals surface area contributed by atoms with Gasteiger partial charge in [-0.25, -0.2) is 4.79 Å². The summed E-state index contributed by atoms with van der Waals surface area (Å²) in [5, 5.41) is 42.8. The molecule has 0 saturated carbocycles. The van der Waals surface area contributed by atoms with Gasteiger partial charge in [0.25, 0.3) is 0 Å². The molecule has 0 saturated heterocycles. The van der Waals surface area contributed by atoms with Crippen LogP contribution in [0.1, 0.15) is 13.3 Å². The van der Waals surface area contributed by atoms with Gasteiger partial charge in [0.05, 0.1) is 6.61 Å². The van der Waals surface area contributed by atoms with Crippen LogP contribution < -0.4 is 0 Å². The molecule has 0 spiro atoms. The first-order valence-corrected chi connectivity index (χ1v) is 4.68. The van der Waals surface area contributed by atoms with Crippen molar-refractivity contribution in [2.75, 3.05) is 6.61 Å². The summed E-state index contributed by atoms with van der Waals surface area (Å²) in [5.74, 6) is -3.52. The van der Waals surface area contributed by atoms with E-state index in [1.807, 2.05) is 0 Å². The van der Waals surface area contributed by atoms with Crippen molar-refractivity contribution >= 4 is 11.9 Å². The zero-order chi connectivity index (χ0) is 13.6. The number of hydrogen-bond donors (Lipinski definition) is 5. The van der Waals surface area contributed by atoms with E-state index in [1.54, 1.807) is 6.92 Å². The van der Waals surface area contributed by atoms with Crippen LogP contribution >= 0.6 is 0 Å². The third kappa shape index (κ3) is 4.29. The molecular weight excluding hydrogens is 236 g/mol. The van der Waals surface area contributed by atoms with Crippen molar-refractivity contribution in [2.24, 2.45) is 0 Å². The van der Waals surface area contributed by atoms with Gasteiger partial charge in [-0.1, -0.05) is 6.92 Å². The van der Waals surface area contributed by atoms with Gasteiger partial charge in [0.15, 0.2) is 11.9 Å². The van der Waals surface area contributed by atoms with Gasteiger partial charge >= 0.3 is 11.9 Å². The summed E-state index contributed by atoms with van der Waals surface area (Å²) in [6.07, 6.45) is -2.55. The largest absolute Gasteiger partial charge is 0.505 e. The van der Waals surface area contributed by atoms with Gasteiger partial charge < -0.3 is 30.3 Å². The molecule has 8 heteroatoms. The quantitative estimate of drug-likeness (QED) is 0.404. The highest BCUT2D eigenvalue weighted by Crippen LogP contribution is 2.20. The lowest BCUT2D eigenvalue weighted by Crippen LogP contribution is -2.31. The molecule has 1 rings (SSSR count). The fraction of sp³-hybridized carbons (Fsp3) is 0.556. The fourth-order valence-electron chi connectivity index (χ4n) is 0.823. The maximum atomic E-state index is 10.5. The van der Waals surface area contributed by atoms with E-state index in [4.69, 9.17) is 25.5 Å². The molecule has 0 aromatic rings. The highest BCUT2D eigenvalue weighted by Gasteiger charge is 2.38. The summed E-state index contributed by atoms with van der Waals surface area (Å²) in [6.45, 7) is 0.928. The van der Waals surface area contributed by atoms with Gasteiger partial charge in [-0.15, -0.1) is 0 Å². The predicted molar refractivity (Wildman–Crippen MR) is 53.2 cm³/mol. The number of rotatable bonds is 3. The standard InChI is InChI=1S/C6H8O6.C3H6O2/c7-1-2(8)5-3(9)4(10)6(11)12-5;1-2-3(4)5/h2,5,7-10H,1H2;2H2,1H3,(H,4,5)/t2-,5+;/m0./s1. The zero-order valence-corrected chi connectivity index (χ0v) is 9.03. The lowest BCUT2D eigenvalue weighted by atomic mass is 10.2. The minimum atomic E-state index is -1.42. The molecule has 2 atom stereocenters. The maximum Gasteiger partial charge on any atom is 0.377 e. The van der Waals surface area contributed by atoms with Crippen molar-refractivity contribution in [1.29, 1.82) is 0 Å². The van der Waals surface area contributed by atoms with Crippen molar-refractivity contribution in [3.63, 3.8) is 0 Å². The average Bonchev–Trinajstić information content (AvgIpc) is 2.56. The Morgan fingerprint density at radius 3 is 2.18 bits per heavy atom. The lowest BCUT2D eigenvalue weighted by Gasteiger charge is -2.13. The normalized spacial score (nSPS) is 20.4. The van der Waals surface area contributed by atoms with E-state index in [0.29, 0.717) is 0 Å². The molecule has 98 valence electrons. The van der Waals surface area contributed by atoms with E-state index in [-0.39, 0.29) is 6.42 Å². The number of aliphatic hydroxyl groups excluding tert-OH is 4. The number of carboxylic acids is 1. The van der Waals surface area contributed by atoms with Crippen molar-refractivity contribution < 1.29 is 39.9 Å². The van der Waals surface area contributed by atoms with Crippen LogP contribution in [0.15, 0.2) is 11.5 Å². The van der Waals surface area contributed by atoms with Crippen LogP contribution in [0.5, 0.6) is 0 Å². The Morgan fingerprint density at radius 1 is 1.47 bits per heavy atom. The average molecular weight is 250 g/mol. The summed E-state index contributed by atoms with van der Waals surface area (Å²) in [5.41, 5.74) is 0. The molecule has 0 radical (unpaired) electrons. The number of esters is 1. The number of cyclic esters (lactones) is 1. The molecule has 0 bridgehead atoms. The van der Waals surface area contributed by atoms with Crippen molar-refractivity contribution in [3.8, 4) is 0 Å². The number of carboxylic acid groups (broad SMARTS) is 1. The third-order valence-corrected chi connectivity index (χ3v) is 1.78. The van der Waals surface area contributed by atoms with E-state index in [1.165, 1.54) is 0 Å². The van der Waals surface area contributed by atoms with Crippen LogP contribution in [-0.4, -0.2) is 56.3 Å². The number of carbonyl (C=O) groups is 2. The van der Waals surface area contributed by atoms with Gasteiger partial charge in [0.1, 0.15) is 6.10 Å². The van der Waals surface area contributed by atoms with Crippen LogP contribution in [0.4, 0.5) is 0 Å². The Hall–Kier alpha value is -1.80. The molecule has 1 heterocycles. The molecule has 0 aliphatic carbocycles. The summed E-state index contributed by atoms with van der Waals surface area (Å²) >= 11 is 0. The van der Waals surface area contributed by atoms with Gasteiger partial charge in [-0.3, -0.25) is 4.79 Å². The summed E-state index contributed by atoms with van der Waals surface area (Å²) in [4.78, 5) is 19.9.